The van der Waals surface area contributed by atoms with Crippen molar-refractivity contribution in [2.24, 2.45) is 5.92 Å². The maximum atomic E-state index is 12.4. The Bertz CT molecular complexity index is 757. The molecular formula is C18H18N2O4. The molecule has 1 aliphatic rings. The predicted molar refractivity (Wildman–Crippen MR) is 87.8 cm³/mol. The van der Waals surface area contributed by atoms with Crippen LogP contribution in [0, 0.1) is 5.92 Å². The van der Waals surface area contributed by atoms with Crippen LogP contribution < -0.4 is 10.1 Å². The van der Waals surface area contributed by atoms with E-state index in [9.17, 15) is 14.7 Å². The van der Waals surface area contributed by atoms with E-state index in [-0.39, 0.29) is 5.92 Å². The Morgan fingerprint density at radius 1 is 1.29 bits per heavy atom. The maximum Gasteiger partial charge on any atom is 0.326 e. The number of carbonyl (C=O) groups is 2. The fraction of sp³-hybridized carbons (Fsp3) is 0.278. The van der Waals surface area contributed by atoms with Crippen LogP contribution in [0.1, 0.15) is 23.2 Å². The first-order chi connectivity index (χ1) is 11.6. The largest absolute Gasteiger partial charge is 0.496 e. The first-order valence-electron chi connectivity index (χ1n) is 7.73. The number of benzene rings is 1. The Balaban J connectivity index is 1.88. The van der Waals surface area contributed by atoms with Gasteiger partial charge in [-0.2, -0.15) is 0 Å². The topological polar surface area (TPSA) is 88.5 Å². The van der Waals surface area contributed by atoms with Gasteiger partial charge in [-0.1, -0.05) is 6.07 Å². The summed E-state index contributed by atoms with van der Waals surface area (Å²) < 4.78 is 5.34. The summed E-state index contributed by atoms with van der Waals surface area (Å²) in [6.45, 7) is 0. The van der Waals surface area contributed by atoms with Gasteiger partial charge in [-0.25, -0.2) is 4.79 Å². The van der Waals surface area contributed by atoms with Gasteiger partial charge < -0.3 is 15.2 Å². The molecule has 6 heteroatoms. The number of carboxylic acid groups (broad SMARTS) is 1. The van der Waals surface area contributed by atoms with Crippen molar-refractivity contribution in [1.29, 1.82) is 0 Å². The van der Waals surface area contributed by atoms with E-state index >= 15 is 0 Å². The van der Waals surface area contributed by atoms with Gasteiger partial charge in [0.2, 0.25) is 0 Å². The van der Waals surface area contributed by atoms with Crippen molar-refractivity contribution in [3.8, 4) is 17.0 Å². The second kappa shape index (κ2) is 6.70. The molecule has 124 valence electrons. The standard InChI is InChI=1S/C18H18N2O4/c1-24-15-8-7-12(10-13(15)14-4-2-3-9-19-14)17(21)20-16(18(22)23)11-5-6-11/h2-4,7-11,16H,5-6H2,1H3,(H,20,21)(H,22,23). The highest BCUT2D eigenvalue weighted by atomic mass is 16.5. The van der Waals surface area contributed by atoms with Crippen molar-refractivity contribution in [1.82, 2.24) is 10.3 Å². The predicted octanol–water partition coefficient (Wildman–Crippen LogP) is 2.35. The summed E-state index contributed by atoms with van der Waals surface area (Å²) in [4.78, 5) is 28.0. The Hall–Kier alpha value is -2.89. The van der Waals surface area contributed by atoms with Crippen LogP contribution in [-0.2, 0) is 4.79 Å². The maximum absolute atomic E-state index is 12.4. The molecule has 1 aromatic heterocycles. The Morgan fingerprint density at radius 3 is 2.67 bits per heavy atom. The van der Waals surface area contributed by atoms with Crippen molar-refractivity contribution in [2.45, 2.75) is 18.9 Å². The molecule has 6 nitrogen and oxygen atoms in total. The van der Waals surface area contributed by atoms with Crippen LogP contribution in [0.3, 0.4) is 0 Å². The van der Waals surface area contributed by atoms with E-state index in [0.717, 1.165) is 12.8 Å². The molecule has 0 spiro atoms. The normalized spacial score (nSPS) is 14.7. The van der Waals surface area contributed by atoms with Crippen molar-refractivity contribution in [3.05, 3.63) is 48.2 Å². The second-order valence-electron chi connectivity index (χ2n) is 5.76. The number of carbonyl (C=O) groups excluding carboxylic acids is 1. The lowest BCUT2D eigenvalue weighted by atomic mass is 10.0. The van der Waals surface area contributed by atoms with Crippen LogP contribution in [0.5, 0.6) is 5.75 Å². The number of nitrogens with zero attached hydrogens (tertiary/aromatic N) is 1. The summed E-state index contributed by atoms with van der Waals surface area (Å²) in [6.07, 6.45) is 3.33. The van der Waals surface area contributed by atoms with Crippen molar-refractivity contribution in [3.63, 3.8) is 0 Å². The monoisotopic (exact) mass is 326 g/mol. The molecule has 0 saturated heterocycles. The van der Waals surface area contributed by atoms with Gasteiger partial charge >= 0.3 is 5.97 Å². The van der Waals surface area contributed by atoms with Gasteiger partial charge in [-0.3, -0.25) is 9.78 Å². The molecule has 1 heterocycles. The lowest BCUT2D eigenvalue weighted by Gasteiger charge is -2.15. The van der Waals surface area contributed by atoms with Gasteiger partial charge in [-0.15, -0.1) is 0 Å². The number of amides is 1. The molecule has 1 amide bonds. The summed E-state index contributed by atoms with van der Waals surface area (Å²) in [5.41, 5.74) is 1.74. The summed E-state index contributed by atoms with van der Waals surface area (Å²) in [6, 6.07) is 9.62. The number of rotatable bonds is 6. The molecule has 2 aromatic rings. The molecule has 24 heavy (non-hydrogen) atoms. The summed E-state index contributed by atoms with van der Waals surface area (Å²) in [5, 5.41) is 11.9. The molecule has 0 bridgehead atoms. The van der Waals surface area contributed by atoms with Crippen LogP contribution in [0.25, 0.3) is 11.3 Å². The van der Waals surface area contributed by atoms with E-state index in [2.05, 4.69) is 10.3 Å². The van der Waals surface area contributed by atoms with Gasteiger partial charge in [0.1, 0.15) is 11.8 Å². The molecular weight excluding hydrogens is 308 g/mol. The molecule has 1 fully saturated rings. The van der Waals surface area contributed by atoms with Crippen LogP contribution >= 0.6 is 0 Å². The summed E-state index contributed by atoms with van der Waals surface area (Å²) in [7, 11) is 1.55. The number of methoxy groups -OCH3 is 1. The van der Waals surface area contributed by atoms with Crippen LogP contribution in [0.4, 0.5) is 0 Å². The zero-order chi connectivity index (χ0) is 17.1. The molecule has 1 atom stereocenters. The molecule has 1 aromatic carbocycles. The average molecular weight is 326 g/mol. The fourth-order valence-electron chi connectivity index (χ4n) is 2.61. The Kier molecular flexibility index (Phi) is 4.46. The van der Waals surface area contributed by atoms with E-state index in [0.29, 0.717) is 22.6 Å². The molecule has 0 radical (unpaired) electrons. The first kappa shape index (κ1) is 16.0. The molecule has 0 aliphatic heterocycles. The van der Waals surface area contributed by atoms with Crippen LogP contribution in [-0.4, -0.2) is 35.1 Å². The van der Waals surface area contributed by atoms with E-state index in [1.54, 1.807) is 37.6 Å². The van der Waals surface area contributed by atoms with Crippen LogP contribution in [0.2, 0.25) is 0 Å². The highest BCUT2D eigenvalue weighted by molar-refractivity contribution is 5.98. The Labute approximate surface area is 139 Å². The minimum atomic E-state index is -0.996. The lowest BCUT2D eigenvalue weighted by Crippen LogP contribution is -2.42. The Morgan fingerprint density at radius 2 is 2.08 bits per heavy atom. The summed E-state index contributed by atoms with van der Waals surface area (Å²) in [5.74, 6) is -0.777. The highest BCUT2D eigenvalue weighted by Gasteiger charge is 2.37. The number of hydrogen-bond acceptors (Lipinski definition) is 4. The zero-order valence-corrected chi connectivity index (χ0v) is 13.2. The molecule has 1 saturated carbocycles. The minimum absolute atomic E-state index is 0.0277. The van der Waals surface area contributed by atoms with E-state index in [4.69, 9.17) is 4.74 Å². The lowest BCUT2D eigenvalue weighted by molar-refractivity contribution is -0.139. The van der Waals surface area contributed by atoms with Gasteiger partial charge in [0, 0.05) is 17.3 Å². The number of aromatic nitrogens is 1. The third-order valence-corrected chi connectivity index (χ3v) is 4.05. The molecule has 2 N–H and O–H groups in total. The van der Waals surface area contributed by atoms with Gasteiger partial charge in [0.15, 0.2) is 0 Å². The summed E-state index contributed by atoms with van der Waals surface area (Å²) >= 11 is 0. The average Bonchev–Trinajstić information content (AvgIpc) is 3.44. The van der Waals surface area contributed by atoms with Crippen molar-refractivity contribution in [2.75, 3.05) is 7.11 Å². The van der Waals surface area contributed by atoms with Gasteiger partial charge in [0.25, 0.3) is 5.91 Å². The van der Waals surface area contributed by atoms with Crippen LogP contribution in [0.15, 0.2) is 42.6 Å². The number of nitrogens with one attached hydrogen (secondary N) is 1. The van der Waals surface area contributed by atoms with Crippen molar-refractivity contribution >= 4 is 11.9 Å². The smallest absolute Gasteiger partial charge is 0.326 e. The van der Waals surface area contributed by atoms with Crippen molar-refractivity contribution < 1.29 is 19.4 Å². The number of ether oxygens (including phenoxy) is 1. The molecule has 1 aliphatic carbocycles. The van der Waals surface area contributed by atoms with E-state index in [1.165, 1.54) is 0 Å². The minimum Gasteiger partial charge on any atom is -0.496 e. The second-order valence-corrected chi connectivity index (χ2v) is 5.76. The zero-order valence-electron chi connectivity index (χ0n) is 13.2. The third-order valence-electron chi connectivity index (χ3n) is 4.05. The van der Waals surface area contributed by atoms with Gasteiger partial charge in [-0.05, 0) is 49.1 Å². The number of carboxylic acids is 1. The fourth-order valence-corrected chi connectivity index (χ4v) is 2.61. The number of pyridine rings is 1. The number of hydrogen-bond donors (Lipinski definition) is 2. The third kappa shape index (κ3) is 3.37. The molecule has 1 unspecified atom stereocenters. The first-order valence-corrected chi connectivity index (χ1v) is 7.73. The van der Waals surface area contributed by atoms with Gasteiger partial charge in [0.05, 0.1) is 12.8 Å². The quantitative estimate of drug-likeness (QED) is 0.850. The van der Waals surface area contributed by atoms with E-state index in [1.807, 2.05) is 12.1 Å². The number of aliphatic carboxylic acids is 1. The van der Waals surface area contributed by atoms with E-state index < -0.39 is 17.9 Å². The SMILES string of the molecule is COc1ccc(C(=O)NC(C(=O)O)C2CC2)cc1-c1ccccn1. The molecule has 3 rings (SSSR count). The highest BCUT2D eigenvalue weighted by Crippen LogP contribution is 2.33.